The second-order valence-corrected chi connectivity index (χ2v) is 2.22. The van der Waals surface area contributed by atoms with Crippen LogP contribution in [-0.2, 0) is 7.05 Å². The zero-order valence-corrected chi connectivity index (χ0v) is 6.11. The van der Waals surface area contributed by atoms with Crippen LogP contribution in [0.3, 0.4) is 0 Å². The number of hydroxylamine groups is 1. The largest absolute Gasteiger partial charge is 0.624 e. The van der Waals surface area contributed by atoms with Crippen molar-refractivity contribution >= 4 is 6.21 Å². The molecule has 0 aromatic carbocycles. The Morgan fingerprint density at radius 3 is 2.80 bits per heavy atom. The molecule has 1 rings (SSSR count). The Morgan fingerprint density at radius 1 is 1.70 bits per heavy atom. The first kappa shape index (κ1) is 6.86. The molecule has 0 fully saturated rings. The lowest BCUT2D eigenvalue weighted by Gasteiger charge is -1.96. The van der Waals surface area contributed by atoms with Crippen molar-refractivity contribution in [2.24, 2.45) is 7.05 Å². The number of hydrogen-bond donors (Lipinski definition) is 0. The van der Waals surface area contributed by atoms with Crippen LogP contribution in [0, 0.1) is 5.21 Å². The lowest BCUT2D eigenvalue weighted by molar-refractivity contribution is -0.416. The maximum Gasteiger partial charge on any atom is 0.198 e. The highest BCUT2D eigenvalue weighted by atomic mass is 16.5. The molecule has 1 aromatic rings. The standard InChI is InChI=1S/C7H10N2O/c1-8-5-3-4-7(8)6-9(2)10/h3-6H,1-2H3/b9-6+. The van der Waals surface area contributed by atoms with Crippen molar-refractivity contribution in [2.75, 3.05) is 7.05 Å². The van der Waals surface area contributed by atoms with E-state index in [2.05, 4.69) is 0 Å². The molecule has 54 valence electrons. The minimum Gasteiger partial charge on any atom is -0.624 e. The summed E-state index contributed by atoms with van der Waals surface area (Å²) in [6, 6.07) is 3.78. The van der Waals surface area contributed by atoms with Crippen LogP contribution < -0.4 is 0 Å². The van der Waals surface area contributed by atoms with Gasteiger partial charge in [0.25, 0.3) is 0 Å². The van der Waals surface area contributed by atoms with Crippen LogP contribution in [0.4, 0.5) is 0 Å². The van der Waals surface area contributed by atoms with Gasteiger partial charge in [-0.05, 0) is 12.1 Å². The Hall–Kier alpha value is -1.25. The highest BCUT2D eigenvalue weighted by Crippen LogP contribution is 1.93. The summed E-state index contributed by atoms with van der Waals surface area (Å²) in [7, 11) is 3.36. The molecule has 0 N–H and O–H groups in total. The van der Waals surface area contributed by atoms with Crippen LogP contribution in [0.5, 0.6) is 0 Å². The fourth-order valence-corrected chi connectivity index (χ4v) is 0.795. The maximum atomic E-state index is 10.5. The highest BCUT2D eigenvalue weighted by Gasteiger charge is 1.93. The highest BCUT2D eigenvalue weighted by molar-refractivity contribution is 5.73. The van der Waals surface area contributed by atoms with Gasteiger partial charge in [0.1, 0.15) is 12.7 Å². The monoisotopic (exact) mass is 138 g/mol. The fourth-order valence-electron chi connectivity index (χ4n) is 0.795. The van der Waals surface area contributed by atoms with E-state index in [9.17, 15) is 5.21 Å². The summed E-state index contributed by atoms with van der Waals surface area (Å²) >= 11 is 0. The van der Waals surface area contributed by atoms with E-state index in [0.29, 0.717) is 0 Å². The van der Waals surface area contributed by atoms with Crippen LogP contribution >= 0.6 is 0 Å². The molecule has 0 amide bonds. The van der Waals surface area contributed by atoms with Gasteiger partial charge in [0.05, 0.1) is 0 Å². The Balaban J connectivity index is 2.95. The number of aryl methyl sites for hydroxylation is 1. The third kappa shape index (κ3) is 1.37. The molecule has 0 aliphatic carbocycles. The van der Waals surface area contributed by atoms with Gasteiger partial charge in [-0.1, -0.05) is 0 Å². The van der Waals surface area contributed by atoms with E-state index in [0.717, 1.165) is 10.4 Å². The Morgan fingerprint density at radius 2 is 2.40 bits per heavy atom. The molecule has 3 heteroatoms. The average molecular weight is 138 g/mol. The molecule has 1 heterocycles. The Kier molecular flexibility index (Phi) is 1.76. The third-order valence-electron chi connectivity index (χ3n) is 1.30. The summed E-state index contributed by atoms with van der Waals surface area (Å²) in [6.07, 6.45) is 3.43. The van der Waals surface area contributed by atoms with Crippen molar-refractivity contribution in [3.63, 3.8) is 0 Å². The van der Waals surface area contributed by atoms with Crippen molar-refractivity contribution in [3.05, 3.63) is 29.2 Å². The Labute approximate surface area is 59.8 Å². The van der Waals surface area contributed by atoms with E-state index in [1.165, 1.54) is 13.3 Å². The minimum absolute atomic E-state index is 0.787. The molecule has 0 aliphatic heterocycles. The lowest BCUT2D eigenvalue weighted by atomic mass is 10.5. The summed E-state index contributed by atoms with van der Waals surface area (Å²) in [4.78, 5) is 0. The normalized spacial score (nSPS) is 12.0. The first-order chi connectivity index (χ1) is 4.70. The first-order valence-corrected chi connectivity index (χ1v) is 3.06. The molecule has 0 unspecified atom stereocenters. The third-order valence-corrected chi connectivity index (χ3v) is 1.30. The smallest absolute Gasteiger partial charge is 0.198 e. The van der Waals surface area contributed by atoms with Crippen molar-refractivity contribution in [2.45, 2.75) is 0 Å². The van der Waals surface area contributed by atoms with E-state index in [-0.39, 0.29) is 0 Å². The fraction of sp³-hybridized carbons (Fsp3) is 0.286. The molecular weight excluding hydrogens is 128 g/mol. The molecule has 0 bridgehead atoms. The zero-order chi connectivity index (χ0) is 7.56. The van der Waals surface area contributed by atoms with E-state index >= 15 is 0 Å². The number of rotatable bonds is 1. The second kappa shape index (κ2) is 2.56. The van der Waals surface area contributed by atoms with Gasteiger partial charge in [-0.25, -0.2) is 4.74 Å². The molecular formula is C7H10N2O. The van der Waals surface area contributed by atoms with Crippen LogP contribution in [0.15, 0.2) is 18.3 Å². The van der Waals surface area contributed by atoms with Gasteiger partial charge in [0.2, 0.25) is 0 Å². The molecule has 10 heavy (non-hydrogen) atoms. The molecule has 3 nitrogen and oxygen atoms in total. The second-order valence-electron chi connectivity index (χ2n) is 2.22. The van der Waals surface area contributed by atoms with Gasteiger partial charge in [0, 0.05) is 13.2 Å². The SMILES string of the molecule is Cn1cccc1/C=[N+](\C)[O-]. The van der Waals surface area contributed by atoms with Crippen molar-refractivity contribution in [1.29, 1.82) is 0 Å². The molecule has 0 saturated carbocycles. The number of hydrogen-bond acceptors (Lipinski definition) is 1. The van der Waals surface area contributed by atoms with E-state index in [1.54, 1.807) is 0 Å². The summed E-state index contributed by atoms with van der Waals surface area (Å²) < 4.78 is 2.67. The van der Waals surface area contributed by atoms with E-state index in [1.807, 2.05) is 29.9 Å². The summed E-state index contributed by atoms with van der Waals surface area (Å²) in [5.74, 6) is 0. The zero-order valence-electron chi connectivity index (χ0n) is 6.11. The number of aromatic nitrogens is 1. The quantitative estimate of drug-likeness (QED) is 0.242. The molecule has 0 spiro atoms. The lowest BCUT2D eigenvalue weighted by Crippen LogP contribution is -2.01. The van der Waals surface area contributed by atoms with Gasteiger partial charge < -0.3 is 9.77 Å². The summed E-state index contributed by atoms with van der Waals surface area (Å²) in [5, 5.41) is 10.5. The van der Waals surface area contributed by atoms with Crippen molar-refractivity contribution < 1.29 is 4.74 Å². The van der Waals surface area contributed by atoms with Gasteiger partial charge in [-0.15, -0.1) is 0 Å². The minimum atomic E-state index is 0.787. The molecule has 0 radical (unpaired) electrons. The summed E-state index contributed by atoms with van der Waals surface area (Å²) in [6.45, 7) is 0. The van der Waals surface area contributed by atoms with Gasteiger partial charge in [-0.2, -0.15) is 0 Å². The van der Waals surface area contributed by atoms with Crippen LogP contribution in [0.2, 0.25) is 0 Å². The maximum absolute atomic E-state index is 10.5. The van der Waals surface area contributed by atoms with Gasteiger partial charge in [-0.3, -0.25) is 0 Å². The van der Waals surface area contributed by atoms with Crippen molar-refractivity contribution in [1.82, 2.24) is 4.57 Å². The van der Waals surface area contributed by atoms with Crippen LogP contribution in [0.1, 0.15) is 5.69 Å². The average Bonchev–Trinajstić information content (AvgIpc) is 2.15. The van der Waals surface area contributed by atoms with Crippen LogP contribution in [0.25, 0.3) is 0 Å². The number of nitrogens with zero attached hydrogens (tertiary/aromatic N) is 2. The summed E-state index contributed by atoms with van der Waals surface area (Å²) in [5.41, 5.74) is 0.914. The van der Waals surface area contributed by atoms with Gasteiger partial charge >= 0.3 is 0 Å². The van der Waals surface area contributed by atoms with Gasteiger partial charge in [0.15, 0.2) is 6.21 Å². The topological polar surface area (TPSA) is 31.0 Å². The van der Waals surface area contributed by atoms with Crippen LogP contribution in [-0.4, -0.2) is 22.6 Å². The molecule has 0 atom stereocenters. The van der Waals surface area contributed by atoms with Crippen molar-refractivity contribution in [3.8, 4) is 0 Å². The predicted molar refractivity (Wildman–Crippen MR) is 40.1 cm³/mol. The molecule has 0 saturated heterocycles. The predicted octanol–water partition coefficient (Wildman–Crippen LogP) is 0.584. The van der Waals surface area contributed by atoms with E-state index < -0.39 is 0 Å². The molecule has 1 aromatic heterocycles. The first-order valence-electron chi connectivity index (χ1n) is 3.06. The molecule has 0 aliphatic rings. The van der Waals surface area contributed by atoms with E-state index in [4.69, 9.17) is 0 Å². The Bertz CT molecular complexity index is 246.